The third-order valence-electron chi connectivity index (χ3n) is 3.69. The van der Waals surface area contributed by atoms with Crippen molar-refractivity contribution in [2.45, 2.75) is 12.5 Å². The minimum atomic E-state index is -0.828. The van der Waals surface area contributed by atoms with E-state index in [1.54, 1.807) is 12.1 Å². The molecule has 0 aromatic heterocycles. The van der Waals surface area contributed by atoms with E-state index in [4.69, 9.17) is 9.47 Å². The fourth-order valence-corrected chi connectivity index (χ4v) is 2.72. The lowest BCUT2D eigenvalue weighted by Crippen LogP contribution is -2.36. The van der Waals surface area contributed by atoms with Crippen LogP contribution in [0.1, 0.15) is 18.0 Å². The normalized spacial score (nSPS) is 20.4. The van der Waals surface area contributed by atoms with Crippen LogP contribution >= 0.6 is 0 Å². The lowest BCUT2D eigenvalue weighted by atomic mass is 10.0. The highest BCUT2D eigenvalue weighted by atomic mass is 16.7. The van der Waals surface area contributed by atoms with Gasteiger partial charge in [0, 0.05) is 19.6 Å². The van der Waals surface area contributed by atoms with E-state index in [0.29, 0.717) is 11.5 Å². The predicted octanol–water partition coefficient (Wildman–Crippen LogP) is 0.836. The molecule has 2 N–H and O–H groups in total. The average Bonchev–Trinajstić information content (AvgIpc) is 2.73. The van der Waals surface area contributed by atoms with Crippen molar-refractivity contribution >= 4 is 5.97 Å². The number of nitrogens with zero attached hydrogens (tertiary/aromatic N) is 1. The van der Waals surface area contributed by atoms with Gasteiger partial charge in [-0.1, -0.05) is 6.07 Å². The number of carboxylic acid groups (broad SMARTS) is 1. The smallest absolute Gasteiger partial charge is 0.325 e. The van der Waals surface area contributed by atoms with Gasteiger partial charge in [0.25, 0.3) is 0 Å². The Kier molecular flexibility index (Phi) is 3.75. The Labute approximate surface area is 117 Å². The second-order valence-electron chi connectivity index (χ2n) is 4.99. The van der Waals surface area contributed by atoms with Crippen LogP contribution < -0.4 is 14.8 Å². The molecule has 1 unspecified atom stereocenters. The number of ether oxygens (including phenoxy) is 2. The molecule has 3 rings (SSSR count). The molecule has 0 amide bonds. The molecule has 0 spiro atoms. The molecule has 2 aliphatic rings. The van der Waals surface area contributed by atoms with E-state index in [1.165, 1.54) is 0 Å². The molecule has 1 fully saturated rings. The summed E-state index contributed by atoms with van der Waals surface area (Å²) in [4.78, 5) is 13.7. The average molecular weight is 278 g/mol. The van der Waals surface area contributed by atoms with Crippen LogP contribution in [0.25, 0.3) is 0 Å². The van der Waals surface area contributed by atoms with E-state index in [2.05, 4.69) is 5.32 Å². The zero-order chi connectivity index (χ0) is 13.9. The maximum atomic E-state index is 11.7. The molecular weight excluding hydrogens is 260 g/mol. The van der Waals surface area contributed by atoms with Crippen molar-refractivity contribution in [3.8, 4) is 11.5 Å². The molecule has 0 aliphatic carbocycles. The van der Waals surface area contributed by atoms with E-state index in [-0.39, 0.29) is 6.79 Å². The Morgan fingerprint density at radius 1 is 1.25 bits per heavy atom. The molecule has 1 saturated heterocycles. The summed E-state index contributed by atoms with van der Waals surface area (Å²) in [6.07, 6.45) is 0.953. The summed E-state index contributed by atoms with van der Waals surface area (Å²) in [6, 6.07) is 4.73. The number of nitrogens with one attached hydrogen (secondary N) is 1. The van der Waals surface area contributed by atoms with Gasteiger partial charge in [-0.15, -0.1) is 0 Å². The summed E-state index contributed by atoms with van der Waals surface area (Å²) >= 11 is 0. The Bertz CT molecular complexity index is 498. The van der Waals surface area contributed by atoms with Crippen LogP contribution in [0.2, 0.25) is 0 Å². The maximum absolute atomic E-state index is 11.7. The van der Waals surface area contributed by atoms with Gasteiger partial charge in [0.2, 0.25) is 6.79 Å². The molecule has 1 aromatic carbocycles. The molecule has 2 aliphatic heterocycles. The summed E-state index contributed by atoms with van der Waals surface area (Å²) in [6.45, 7) is 3.45. The van der Waals surface area contributed by atoms with Crippen molar-refractivity contribution in [2.24, 2.45) is 0 Å². The third-order valence-corrected chi connectivity index (χ3v) is 3.69. The largest absolute Gasteiger partial charge is 0.480 e. The summed E-state index contributed by atoms with van der Waals surface area (Å²) in [7, 11) is 0. The fourth-order valence-electron chi connectivity index (χ4n) is 2.72. The Morgan fingerprint density at radius 2 is 2.10 bits per heavy atom. The van der Waals surface area contributed by atoms with Gasteiger partial charge in [0.05, 0.1) is 0 Å². The number of carbonyl (C=O) groups is 1. The zero-order valence-electron chi connectivity index (χ0n) is 11.2. The van der Waals surface area contributed by atoms with Crippen molar-refractivity contribution in [1.29, 1.82) is 0 Å². The molecule has 6 heteroatoms. The van der Waals surface area contributed by atoms with Gasteiger partial charge in [-0.3, -0.25) is 9.69 Å². The molecule has 108 valence electrons. The Hall–Kier alpha value is -1.79. The topological polar surface area (TPSA) is 71.0 Å². The summed E-state index contributed by atoms with van der Waals surface area (Å²) in [5.74, 6) is 0.475. The lowest BCUT2D eigenvalue weighted by Gasteiger charge is -2.27. The van der Waals surface area contributed by atoms with E-state index in [9.17, 15) is 9.90 Å². The molecule has 2 heterocycles. The second kappa shape index (κ2) is 5.68. The molecule has 0 bridgehead atoms. The van der Waals surface area contributed by atoms with Crippen LogP contribution in [0.5, 0.6) is 11.5 Å². The highest BCUT2D eigenvalue weighted by Gasteiger charge is 2.29. The number of carboxylic acids is 1. The number of aliphatic carboxylic acids is 1. The van der Waals surface area contributed by atoms with Crippen molar-refractivity contribution in [1.82, 2.24) is 10.2 Å². The number of fused-ring (bicyclic) bond motifs is 1. The monoisotopic (exact) mass is 278 g/mol. The van der Waals surface area contributed by atoms with E-state index in [1.807, 2.05) is 11.0 Å². The minimum Gasteiger partial charge on any atom is -0.480 e. The lowest BCUT2D eigenvalue weighted by molar-refractivity contribution is -0.143. The minimum absolute atomic E-state index is 0.199. The molecule has 6 nitrogen and oxygen atoms in total. The van der Waals surface area contributed by atoms with Gasteiger partial charge in [-0.05, 0) is 30.7 Å². The summed E-state index contributed by atoms with van der Waals surface area (Å²) in [5, 5.41) is 12.9. The van der Waals surface area contributed by atoms with Crippen LogP contribution in [0, 0.1) is 0 Å². The molecule has 0 radical (unpaired) electrons. The van der Waals surface area contributed by atoms with Gasteiger partial charge in [-0.2, -0.15) is 0 Å². The van der Waals surface area contributed by atoms with E-state index < -0.39 is 12.0 Å². The highest BCUT2D eigenvalue weighted by Crippen LogP contribution is 2.35. The third kappa shape index (κ3) is 2.57. The van der Waals surface area contributed by atoms with Crippen molar-refractivity contribution in [3.05, 3.63) is 23.8 Å². The maximum Gasteiger partial charge on any atom is 0.325 e. The number of hydrogen-bond donors (Lipinski definition) is 2. The number of benzene rings is 1. The molecule has 1 aromatic rings. The zero-order valence-corrected chi connectivity index (χ0v) is 11.2. The molecule has 20 heavy (non-hydrogen) atoms. The Balaban J connectivity index is 1.87. The van der Waals surface area contributed by atoms with Crippen LogP contribution in [-0.4, -0.2) is 48.9 Å². The van der Waals surface area contributed by atoms with Crippen molar-refractivity contribution < 1.29 is 19.4 Å². The van der Waals surface area contributed by atoms with Gasteiger partial charge >= 0.3 is 5.97 Å². The first-order valence-electron chi connectivity index (χ1n) is 6.83. The van der Waals surface area contributed by atoms with Gasteiger partial charge in [0.15, 0.2) is 11.5 Å². The van der Waals surface area contributed by atoms with Crippen molar-refractivity contribution in [2.75, 3.05) is 33.0 Å². The quantitative estimate of drug-likeness (QED) is 0.853. The highest BCUT2D eigenvalue weighted by molar-refractivity contribution is 5.76. The first kappa shape index (κ1) is 13.2. The first-order valence-corrected chi connectivity index (χ1v) is 6.83. The van der Waals surface area contributed by atoms with Crippen LogP contribution in [-0.2, 0) is 4.79 Å². The van der Waals surface area contributed by atoms with Crippen LogP contribution in [0.3, 0.4) is 0 Å². The standard InChI is InChI=1S/C14H18N2O4/c17-14(18)13(16-6-1-4-15-5-7-16)10-2-3-11-12(8-10)20-9-19-11/h2-3,8,13,15H,1,4-7,9H2,(H,17,18). The van der Waals surface area contributed by atoms with Gasteiger partial charge in [-0.25, -0.2) is 0 Å². The van der Waals surface area contributed by atoms with Gasteiger partial charge < -0.3 is 19.9 Å². The summed E-state index contributed by atoms with van der Waals surface area (Å²) in [5.41, 5.74) is 0.739. The molecule has 0 saturated carbocycles. The van der Waals surface area contributed by atoms with E-state index in [0.717, 1.165) is 38.2 Å². The van der Waals surface area contributed by atoms with E-state index >= 15 is 0 Å². The summed E-state index contributed by atoms with van der Waals surface area (Å²) < 4.78 is 10.6. The Morgan fingerprint density at radius 3 is 2.95 bits per heavy atom. The molecular formula is C14H18N2O4. The first-order chi connectivity index (χ1) is 9.75. The molecule has 1 atom stereocenters. The second-order valence-corrected chi connectivity index (χ2v) is 4.99. The fraction of sp³-hybridized carbons (Fsp3) is 0.500. The van der Waals surface area contributed by atoms with Crippen molar-refractivity contribution in [3.63, 3.8) is 0 Å². The number of hydrogen-bond acceptors (Lipinski definition) is 5. The number of rotatable bonds is 3. The van der Waals surface area contributed by atoms with Gasteiger partial charge in [0.1, 0.15) is 6.04 Å². The predicted molar refractivity (Wildman–Crippen MR) is 72.0 cm³/mol. The van der Waals surface area contributed by atoms with Crippen LogP contribution in [0.15, 0.2) is 18.2 Å². The SMILES string of the molecule is O=C(O)C(c1ccc2c(c1)OCO2)N1CCCNCC1. The van der Waals surface area contributed by atoms with Crippen LogP contribution in [0.4, 0.5) is 0 Å².